The lowest BCUT2D eigenvalue weighted by Crippen LogP contribution is -2.54. The molecule has 1 saturated heterocycles. The van der Waals surface area contributed by atoms with Crippen LogP contribution in [0.1, 0.15) is 24.8 Å². The van der Waals surface area contributed by atoms with E-state index in [9.17, 15) is 0 Å². The van der Waals surface area contributed by atoms with Crippen LogP contribution < -0.4 is 15.3 Å². The third kappa shape index (κ3) is 6.26. The molecule has 0 aromatic heterocycles. The van der Waals surface area contributed by atoms with Gasteiger partial charge in [-0.05, 0) is 77.5 Å². The van der Waals surface area contributed by atoms with Crippen molar-refractivity contribution >= 4 is 35.5 Å². The Labute approximate surface area is 251 Å². The van der Waals surface area contributed by atoms with E-state index in [0.29, 0.717) is 6.61 Å². The number of benzene rings is 5. The fourth-order valence-corrected chi connectivity index (χ4v) is 8.70. The molecule has 3 nitrogen and oxygen atoms in total. The Morgan fingerprint density at radius 2 is 1.19 bits per heavy atom. The van der Waals surface area contributed by atoms with E-state index in [2.05, 4.69) is 151 Å². The van der Waals surface area contributed by atoms with Crippen LogP contribution in [0.2, 0.25) is 13.1 Å². The third-order valence-corrected chi connectivity index (χ3v) is 12.0. The number of rotatable bonds is 9. The van der Waals surface area contributed by atoms with Crippen molar-refractivity contribution in [3.05, 3.63) is 139 Å². The zero-order valence-corrected chi connectivity index (χ0v) is 25.6. The predicted molar refractivity (Wildman–Crippen MR) is 178 cm³/mol. The molecule has 1 aliphatic rings. The highest BCUT2D eigenvalue weighted by Gasteiger charge is 2.29. The summed E-state index contributed by atoms with van der Waals surface area (Å²) in [6.45, 7) is 6.29. The topological polar surface area (TPSA) is 21.7 Å². The molecule has 212 valence electrons. The molecule has 1 aliphatic heterocycles. The highest BCUT2D eigenvalue weighted by Crippen LogP contribution is 2.35. The van der Waals surface area contributed by atoms with E-state index >= 15 is 0 Å². The maximum atomic E-state index is 6.20. The van der Waals surface area contributed by atoms with Gasteiger partial charge < -0.3 is 14.4 Å². The molecule has 0 bridgehead atoms. The number of para-hydroxylation sites is 2. The van der Waals surface area contributed by atoms with Crippen molar-refractivity contribution in [2.24, 2.45) is 0 Å². The molecule has 5 aromatic carbocycles. The molecule has 0 spiro atoms. The Morgan fingerprint density at radius 1 is 0.643 bits per heavy atom. The highest BCUT2D eigenvalue weighted by atomic mass is 28.3. The van der Waals surface area contributed by atoms with E-state index in [1.165, 1.54) is 33.5 Å². The lowest BCUT2D eigenvalue weighted by Gasteiger charge is -2.28. The molecule has 0 N–H and O–H groups in total. The second-order valence-corrected chi connectivity index (χ2v) is 15.9. The van der Waals surface area contributed by atoms with E-state index in [4.69, 9.17) is 9.47 Å². The third-order valence-electron chi connectivity index (χ3n) is 8.35. The molecule has 5 aromatic rings. The molecule has 0 radical (unpaired) electrons. The normalized spacial score (nSPS) is 15.3. The zero-order chi connectivity index (χ0) is 28.8. The van der Waals surface area contributed by atoms with Crippen molar-refractivity contribution in [1.82, 2.24) is 0 Å². The predicted octanol–water partition coefficient (Wildman–Crippen LogP) is 8.69. The molecule has 6 rings (SSSR count). The van der Waals surface area contributed by atoms with E-state index in [1.807, 2.05) is 0 Å². The first kappa shape index (κ1) is 28.2. The number of anilines is 3. The molecule has 1 atom stereocenters. The number of nitrogens with zero attached hydrogens (tertiary/aromatic N) is 1. The van der Waals surface area contributed by atoms with Crippen LogP contribution in [0.25, 0.3) is 11.1 Å². The molecule has 42 heavy (non-hydrogen) atoms. The minimum atomic E-state index is -1.94. The Morgan fingerprint density at radius 3 is 1.79 bits per heavy atom. The maximum Gasteiger partial charge on any atom is 0.158 e. The van der Waals surface area contributed by atoms with Gasteiger partial charge in [0, 0.05) is 23.7 Å². The van der Waals surface area contributed by atoms with Crippen LogP contribution in [-0.4, -0.2) is 21.0 Å². The summed E-state index contributed by atoms with van der Waals surface area (Å²) < 4.78 is 12.0. The fraction of sp³-hybridized carbons (Fsp3) is 0.211. The molecule has 0 aliphatic carbocycles. The first-order chi connectivity index (χ1) is 20.6. The van der Waals surface area contributed by atoms with Gasteiger partial charge in [-0.3, -0.25) is 0 Å². The lowest BCUT2D eigenvalue weighted by atomic mass is 10.0. The first-order valence-corrected chi connectivity index (χ1v) is 18.0. The van der Waals surface area contributed by atoms with E-state index in [0.717, 1.165) is 36.5 Å². The first-order valence-electron chi connectivity index (χ1n) is 15.0. The van der Waals surface area contributed by atoms with Crippen molar-refractivity contribution in [1.29, 1.82) is 0 Å². The second kappa shape index (κ2) is 12.9. The van der Waals surface area contributed by atoms with Gasteiger partial charge in [0.05, 0.1) is 6.61 Å². The Bertz CT molecular complexity index is 1520. The largest absolute Gasteiger partial charge is 0.353 e. The van der Waals surface area contributed by atoms with Gasteiger partial charge in [0.25, 0.3) is 0 Å². The molecule has 0 amide bonds. The average molecular weight is 570 g/mol. The van der Waals surface area contributed by atoms with Crippen LogP contribution in [-0.2, 0) is 16.1 Å². The molecule has 0 saturated carbocycles. The van der Waals surface area contributed by atoms with Crippen molar-refractivity contribution in [2.75, 3.05) is 11.5 Å². The van der Waals surface area contributed by atoms with Gasteiger partial charge in [-0.15, -0.1) is 0 Å². The van der Waals surface area contributed by atoms with Crippen LogP contribution in [0, 0.1) is 0 Å². The van der Waals surface area contributed by atoms with Gasteiger partial charge in [-0.1, -0.05) is 115 Å². The van der Waals surface area contributed by atoms with Gasteiger partial charge in [-0.2, -0.15) is 0 Å². The Balaban J connectivity index is 1.21. The molecular weight excluding hydrogens is 531 g/mol. The second-order valence-electron chi connectivity index (χ2n) is 11.5. The fourth-order valence-electron chi connectivity index (χ4n) is 5.92. The van der Waals surface area contributed by atoms with Gasteiger partial charge in [0.1, 0.15) is 8.07 Å². The van der Waals surface area contributed by atoms with Gasteiger partial charge in [0.2, 0.25) is 0 Å². The Hall–Kier alpha value is -3.96. The summed E-state index contributed by atoms with van der Waals surface area (Å²) in [5, 5.41) is 2.85. The van der Waals surface area contributed by atoms with Crippen molar-refractivity contribution in [3.63, 3.8) is 0 Å². The van der Waals surface area contributed by atoms with Crippen LogP contribution >= 0.6 is 0 Å². The lowest BCUT2D eigenvalue weighted by molar-refractivity contribution is -0.168. The van der Waals surface area contributed by atoms with E-state index < -0.39 is 8.07 Å². The highest BCUT2D eigenvalue weighted by molar-refractivity contribution is 7.00. The summed E-state index contributed by atoms with van der Waals surface area (Å²) in [6, 6.07) is 48.0. The smallest absolute Gasteiger partial charge is 0.158 e. The van der Waals surface area contributed by atoms with Gasteiger partial charge in [0.15, 0.2) is 6.29 Å². The maximum absolute atomic E-state index is 6.20. The summed E-state index contributed by atoms with van der Waals surface area (Å²) in [5.41, 5.74) is 7.15. The SMILES string of the molecule is C[Si](C)(c1ccc(-c2ccc(N(c3ccccc3)c3ccccc3)cc2)cc1)c1ccccc1COC1CCCCO1. The summed E-state index contributed by atoms with van der Waals surface area (Å²) in [7, 11) is -1.94. The van der Waals surface area contributed by atoms with Crippen molar-refractivity contribution in [2.45, 2.75) is 45.3 Å². The summed E-state index contributed by atoms with van der Waals surface area (Å²) >= 11 is 0. The average Bonchev–Trinajstić information content (AvgIpc) is 3.06. The number of hydrogen-bond acceptors (Lipinski definition) is 3. The Kier molecular flexibility index (Phi) is 8.66. The summed E-state index contributed by atoms with van der Waals surface area (Å²) in [4.78, 5) is 2.29. The van der Waals surface area contributed by atoms with Gasteiger partial charge in [-0.25, -0.2) is 0 Å². The van der Waals surface area contributed by atoms with Crippen molar-refractivity contribution in [3.8, 4) is 11.1 Å². The minimum absolute atomic E-state index is 0.0743. The van der Waals surface area contributed by atoms with Crippen molar-refractivity contribution < 1.29 is 9.47 Å². The quantitative estimate of drug-likeness (QED) is 0.166. The number of hydrogen-bond donors (Lipinski definition) is 0. The van der Waals surface area contributed by atoms with Crippen LogP contribution in [0.5, 0.6) is 0 Å². The monoisotopic (exact) mass is 569 g/mol. The standard InChI is InChI=1S/C38H39NO2Si/c1-42(2,37-18-10-9-13-32(37)29-41-38-19-11-12-28-40-38)36-26-22-31(23-27-36)30-20-24-35(25-21-30)39(33-14-5-3-6-15-33)34-16-7-4-8-17-34/h3-10,13-18,20-27,38H,11-12,19,28-29H2,1-2H3. The molecule has 1 heterocycles. The summed E-state index contributed by atoms with van der Waals surface area (Å²) in [6.07, 6.45) is 3.23. The zero-order valence-electron chi connectivity index (χ0n) is 24.6. The minimum Gasteiger partial charge on any atom is -0.353 e. The van der Waals surface area contributed by atoms with Crippen LogP contribution in [0.15, 0.2) is 133 Å². The van der Waals surface area contributed by atoms with Gasteiger partial charge >= 0.3 is 0 Å². The van der Waals surface area contributed by atoms with Crippen LogP contribution in [0.3, 0.4) is 0 Å². The van der Waals surface area contributed by atoms with E-state index in [1.54, 1.807) is 0 Å². The van der Waals surface area contributed by atoms with Crippen LogP contribution in [0.4, 0.5) is 17.1 Å². The molecular formula is C38H39NO2Si. The molecule has 4 heteroatoms. The molecule has 1 fully saturated rings. The summed E-state index contributed by atoms with van der Waals surface area (Å²) in [5.74, 6) is 0. The molecule has 1 unspecified atom stereocenters. The van der Waals surface area contributed by atoms with E-state index in [-0.39, 0.29) is 6.29 Å². The number of ether oxygens (including phenoxy) is 2.